The van der Waals surface area contributed by atoms with Gasteiger partial charge in [0.1, 0.15) is 12.4 Å². The molecule has 1 heterocycles. The molecule has 30 heavy (non-hydrogen) atoms. The third-order valence-corrected chi connectivity index (χ3v) is 4.75. The van der Waals surface area contributed by atoms with E-state index >= 15 is 0 Å². The molecule has 2 aromatic carbocycles. The fraction of sp³-hybridized carbons (Fsp3) is 0.391. The van der Waals surface area contributed by atoms with Gasteiger partial charge in [-0.15, -0.1) is 0 Å². The Morgan fingerprint density at radius 3 is 2.67 bits per heavy atom. The van der Waals surface area contributed by atoms with Crippen molar-refractivity contribution in [2.75, 3.05) is 36.9 Å². The van der Waals surface area contributed by atoms with E-state index in [0.29, 0.717) is 30.2 Å². The van der Waals surface area contributed by atoms with E-state index in [1.807, 2.05) is 31.2 Å². The number of rotatable bonds is 10. The second kappa shape index (κ2) is 11.2. The summed E-state index contributed by atoms with van der Waals surface area (Å²) in [5.41, 5.74) is 1.99. The van der Waals surface area contributed by atoms with Gasteiger partial charge in [0.25, 0.3) is 5.91 Å². The van der Waals surface area contributed by atoms with Gasteiger partial charge in [-0.2, -0.15) is 0 Å². The number of ether oxygens (including phenoxy) is 2. The molecule has 7 heteroatoms. The maximum Gasteiger partial charge on any atom is 0.251 e. The van der Waals surface area contributed by atoms with Crippen molar-refractivity contribution in [3.63, 3.8) is 0 Å². The van der Waals surface area contributed by atoms with Gasteiger partial charge in [-0.25, -0.2) is 0 Å². The summed E-state index contributed by atoms with van der Waals surface area (Å²) in [6, 6.07) is 14.4. The SMILES string of the molecule is CCCNC(=O)c1ccc(NCC(=O)Nc2ccccc2OCC2CCCO2)cc1. The van der Waals surface area contributed by atoms with Crippen LogP contribution in [0.15, 0.2) is 48.5 Å². The summed E-state index contributed by atoms with van der Waals surface area (Å²) in [6.45, 7) is 4.01. The Morgan fingerprint density at radius 1 is 1.13 bits per heavy atom. The average molecular weight is 412 g/mol. The number of anilines is 2. The second-order valence-electron chi connectivity index (χ2n) is 7.18. The molecule has 0 bridgehead atoms. The lowest BCUT2D eigenvalue weighted by molar-refractivity contribution is -0.114. The van der Waals surface area contributed by atoms with Crippen molar-refractivity contribution in [3.8, 4) is 5.75 Å². The third kappa shape index (κ3) is 6.49. The van der Waals surface area contributed by atoms with Crippen LogP contribution in [0.1, 0.15) is 36.5 Å². The predicted octanol–water partition coefficient (Wildman–Crippen LogP) is 3.43. The minimum Gasteiger partial charge on any atom is -0.489 e. The molecule has 7 nitrogen and oxygen atoms in total. The molecule has 3 rings (SSSR count). The molecule has 0 aliphatic carbocycles. The molecule has 0 radical (unpaired) electrons. The molecule has 0 spiro atoms. The highest BCUT2D eigenvalue weighted by molar-refractivity contribution is 5.96. The van der Waals surface area contributed by atoms with E-state index in [9.17, 15) is 9.59 Å². The smallest absolute Gasteiger partial charge is 0.251 e. The van der Waals surface area contributed by atoms with Gasteiger partial charge in [-0.1, -0.05) is 19.1 Å². The van der Waals surface area contributed by atoms with E-state index in [0.717, 1.165) is 31.6 Å². The first-order valence-corrected chi connectivity index (χ1v) is 10.4. The van der Waals surface area contributed by atoms with Crippen molar-refractivity contribution in [1.29, 1.82) is 0 Å². The first-order chi connectivity index (χ1) is 14.7. The fourth-order valence-electron chi connectivity index (χ4n) is 3.11. The molecular weight excluding hydrogens is 382 g/mol. The monoisotopic (exact) mass is 411 g/mol. The zero-order valence-electron chi connectivity index (χ0n) is 17.3. The maximum atomic E-state index is 12.4. The van der Waals surface area contributed by atoms with Crippen LogP contribution in [-0.4, -0.2) is 44.2 Å². The van der Waals surface area contributed by atoms with Gasteiger partial charge in [-0.05, 0) is 55.7 Å². The van der Waals surface area contributed by atoms with Gasteiger partial charge in [-0.3, -0.25) is 9.59 Å². The number of carbonyl (C=O) groups is 2. The lowest BCUT2D eigenvalue weighted by atomic mass is 10.2. The highest BCUT2D eigenvalue weighted by atomic mass is 16.5. The van der Waals surface area contributed by atoms with Crippen molar-refractivity contribution in [2.45, 2.75) is 32.3 Å². The molecule has 2 amide bonds. The lowest BCUT2D eigenvalue weighted by Crippen LogP contribution is -2.24. The number of hydrogen-bond donors (Lipinski definition) is 3. The highest BCUT2D eigenvalue weighted by Gasteiger charge is 2.17. The quantitative estimate of drug-likeness (QED) is 0.557. The molecule has 2 aromatic rings. The molecule has 0 aromatic heterocycles. The van der Waals surface area contributed by atoms with Gasteiger partial charge in [0.2, 0.25) is 5.91 Å². The van der Waals surface area contributed by atoms with Crippen LogP contribution < -0.4 is 20.7 Å². The van der Waals surface area contributed by atoms with Crippen LogP contribution in [0, 0.1) is 0 Å². The van der Waals surface area contributed by atoms with E-state index in [2.05, 4.69) is 16.0 Å². The van der Waals surface area contributed by atoms with Crippen LogP contribution in [0.2, 0.25) is 0 Å². The summed E-state index contributed by atoms with van der Waals surface area (Å²) in [7, 11) is 0. The molecule has 1 aliphatic heterocycles. The molecule has 1 fully saturated rings. The van der Waals surface area contributed by atoms with Crippen LogP contribution >= 0.6 is 0 Å². The second-order valence-corrected chi connectivity index (χ2v) is 7.18. The van der Waals surface area contributed by atoms with Gasteiger partial charge in [0.15, 0.2) is 0 Å². The third-order valence-electron chi connectivity index (χ3n) is 4.75. The number of carbonyl (C=O) groups excluding carboxylic acids is 2. The van der Waals surface area contributed by atoms with Gasteiger partial charge in [0.05, 0.1) is 18.3 Å². The summed E-state index contributed by atoms with van der Waals surface area (Å²) in [4.78, 5) is 24.3. The van der Waals surface area contributed by atoms with E-state index in [1.165, 1.54) is 0 Å². The number of nitrogens with one attached hydrogen (secondary N) is 3. The van der Waals surface area contributed by atoms with E-state index < -0.39 is 0 Å². The summed E-state index contributed by atoms with van der Waals surface area (Å²) in [6.07, 6.45) is 3.06. The molecule has 1 aliphatic rings. The number of para-hydroxylation sites is 2. The van der Waals surface area contributed by atoms with E-state index in [-0.39, 0.29) is 24.5 Å². The zero-order valence-corrected chi connectivity index (χ0v) is 17.3. The largest absolute Gasteiger partial charge is 0.489 e. The summed E-state index contributed by atoms with van der Waals surface area (Å²) in [5, 5.41) is 8.78. The van der Waals surface area contributed by atoms with Gasteiger partial charge < -0.3 is 25.4 Å². The molecule has 1 saturated heterocycles. The Kier molecular flexibility index (Phi) is 8.09. The predicted molar refractivity (Wildman–Crippen MR) is 117 cm³/mol. The van der Waals surface area contributed by atoms with Crippen molar-refractivity contribution in [2.24, 2.45) is 0 Å². The summed E-state index contributed by atoms with van der Waals surface area (Å²) < 4.78 is 11.4. The van der Waals surface area contributed by atoms with Crippen LogP contribution in [0.25, 0.3) is 0 Å². The molecule has 1 atom stereocenters. The Hall–Kier alpha value is -3.06. The maximum absolute atomic E-state index is 12.4. The fourth-order valence-corrected chi connectivity index (χ4v) is 3.11. The number of benzene rings is 2. The molecule has 1 unspecified atom stereocenters. The van der Waals surface area contributed by atoms with Crippen LogP contribution in [-0.2, 0) is 9.53 Å². The van der Waals surface area contributed by atoms with Gasteiger partial charge in [0, 0.05) is 24.4 Å². The first-order valence-electron chi connectivity index (χ1n) is 10.4. The van der Waals surface area contributed by atoms with E-state index in [1.54, 1.807) is 24.3 Å². The Labute approximate surface area is 177 Å². The van der Waals surface area contributed by atoms with Crippen LogP contribution in [0.5, 0.6) is 5.75 Å². The van der Waals surface area contributed by atoms with Crippen molar-refractivity contribution in [3.05, 3.63) is 54.1 Å². The summed E-state index contributed by atoms with van der Waals surface area (Å²) in [5.74, 6) is 0.345. The first kappa shape index (κ1) is 21.6. The minimum atomic E-state index is -0.187. The average Bonchev–Trinajstić information content (AvgIpc) is 3.29. The topological polar surface area (TPSA) is 88.7 Å². The zero-order chi connectivity index (χ0) is 21.2. The van der Waals surface area contributed by atoms with Crippen LogP contribution in [0.4, 0.5) is 11.4 Å². The van der Waals surface area contributed by atoms with Crippen molar-refractivity contribution < 1.29 is 19.1 Å². The molecule has 0 saturated carbocycles. The van der Waals surface area contributed by atoms with Crippen molar-refractivity contribution in [1.82, 2.24) is 5.32 Å². The number of hydrogen-bond acceptors (Lipinski definition) is 5. The Bertz CT molecular complexity index is 833. The van der Waals surface area contributed by atoms with Crippen molar-refractivity contribution >= 4 is 23.2 Å². The molecule has 3 N–H and O–H groups in total. The van der Waals surface area contributed by atoms with E-state index in [4.69, 9.17) is 9.47 Å². The van der Waals surface area contributed by atoms with Gasteiger partial charge >= 0.3 is 0 Å². The standard InChI is InChI=1S/C23H29N3O4/c1-2-13-24-23(28)17-9-11-18(12-10-17)25-15-22(27)26-20-7-3-4-8-21(20)30-16-19-6-5-14-29-19/h3-4,7-12,19,25H,2,5-6,13-16H2,1H3,(H,24,28)(H,26,27). The van der Waals surface area contributed by atoms with Crippen LogP contribution in [0.3, 0.4) is 0 Å². The lowest BCUT2D eigenvalue weighted by Gasteiger charge is -2.15. The minimum absolute atomic E-state index is 0.0965. The molecular formula is C23H29N3O4. The highest BCUT2D eigenvalue weighted by Crippen LogP contribution is 2.25. The summed E-state index contributed by atoms with van der Waals surface area (Å²) >= 11 is 0. The molecule has 160 valence electrons. The Balaban J connectivity index is 1.48. The Morgan fingerprint density at radius 2 is 1.93 bits per heavy atom. The number of amides is 2. The normalized spacial score (nSPS) is 15.4.